The van der Waals surface area contributed by atoms with Gasteiger partial charge in [0, 0.05) is 23.1 Å². The molecule has 1 heterocycles. The normalized spacial score (nSPS) is 12.5. The highest BCUT2D eigenvalue weighted by molar-refractivity contribution is 7.98. The smallest absolute Gasteiger partial charge is 0.307 e. The summed E-state index contributed by atoms with van der Waals surface area (Å²) >= 11 is 1.52. The molecule has 0 amide bonds. The molecule has 1 unspecified atom stereocenters. The molecule has 2 rings (SSSR count). The minimum atomic E-state index is -0.797. The van der Waals surface area contributed by atoms with Crippen LogP contribution >= 0.6 is 11.8 Å². The summed E-state index contributed by atoms with van der Waals surface area (Å²) in [5, 5.41) is 9.32. The fourth-order valence-electron chi connectivity index (χ4n) is 1.73. The Morgan fingerprint density at radius 1 is 1.47 bits per heavy atom. The third-order valence-corrected chi connectivity index (χ3v) is 4.10. The number of hydrogen-bond donors (Lipinski definition) is 1. The molecule has 100 valence electrons. The van der Waals surface area contributed by atoms with Crippen molar-refractivity contribution in [1.29, 1.82) is 0 Å². The van der Waals surface area contributed by atoms with E-state index in [9.17, 15) is 9.18 Å². The molecule has 3 nitrogen and oxygen atoms in total. The van der Waals surface area contributed by atoms with Crippen LogP contribution in [0.25, 0.3) is 10.9 Å². The monoisotopic (exact) mass is 279 g/mol. The zero-order chi connectivity index (χ0) is 13.8. The maximum Gasteiger partial charge on any atom is 0.307 e. The molecule has 0 aliphatic rings. The number of aliphatic carboxylic acids is 1. The predicted octanol–water partition coefficient (Wildman–Crippen LogP) is 3.33. The summed E-state index contributed by atoms with van der Waals surface area (Å²) in [4.78, 5) is 14.9. The number of thioether (sulfide) groups is 1. The van der Waals surface area contributed by atoms with Gasteiger partial charge in [-0.15, -0.1) is 0 Å². The number of aromatic nitrogens is 1. The number of carbonyl (C=O) groups is 1. The maximum absolute atomic E-state index is 13.6. The van der Waals surface area contributed by atoms with Gasteiger partial charge in [-0.1, -0.05) is 13.0 Å². The van der Waals surface area contributed by atoms with Crippen molar-refractivity contribution >= 4 is 28.6 Å². The van der Waals surface area contributed by atoms with E-state index < -0.39 is 5.97 Å². The number of fused-ring (bicyclic) bond motifs is 1. The molecule has 1 aromatic heterocycles. The number of nitrogens with zero attached hydrogens (tertiary/aromatic N) is 1. The molecule has 19 heavy (non-hydrogen) atoms. The van der Waals surface area contributed by atoms with E-state index in [-0.39, 0.29) is 11.7 Å². The highest BCUT2D eigenvalue weighted by Crippen LogP contribution is 2.24. The summed E-state index contributed by atoms with van der Waals surface area (Å²) in [6.07, 6.45) is 1.63. The van der Waals surface area contributed by atoms with E-state index in [4.69, 9.17) is 5.11 Å². The van der Waals surface area contributed by atoms with Crippen LogP contribution in [0.3, 0.4) is 0 Å². The van der Waals surface area contributed by atoms with Crippen LogP contribution in [-0.2, 0) is 10.5 Å². The molecule has 0 bridgehead atoms. The molecule has 0 saturated heterocycles. The summed E-state index contributed by atoms with van der Waals surface area (Å²) in [6, 6.07) is 6.55. The first kappa shape index (κ1) is 13.8. The lowest BCUT2D eigenvalue weighted by Gasteiger charge is -2.08. The number of halogens is 1. The van der Waals surface area contributed by atoms with E-state index in [1.165, 1.54) is 17.8 Å². The Balaban J connectivity index is 2.13. The van der Waals surface area contributed by atoms with E-state index in [1.807, 2.05) is 0 Å². The Hall–Kier alpha value is -1.62. The van der Waals surface area contributed by atoms with E-state index in [0.29, 0.717) is 22.4 Å². The van der Waals surface area contributed by atoms with Crippen molar-refractivity contribution in [3.63, 3.8) is 0 Å². The van der Waals surface area contributed by atoms with Crippen LogP contribution in [0.4, 0.5) is 4.39 Å². The molecule has 0 spiro atoms. The van der Waals surface area contributed by atoms with Crippen molar-refractivity contribution < 1.29 is 14.3 Å². The fraction of sp³-hybridized carbons (Fsp3) is 0.286. The highest BCUT2D eigenvalue weighted by atomic mass is 32.2. The van der Waals surface area contributed by atoms with Gasteiger partial charge in [0.05, 0.1) is 11.4 Å². The average molecular weight is 279 g/mol. The number of carboxylic acids is 1. The molecule has 2 aromatic rings. The van der Waals surface area contributed by atoms with Gasteiger partial charge in [-0.05, 0) is 23.8 Å². The Morgan fingerprint density at radius 2 is 2.26 bits per heavy atom. The van der Waals surface area contributed by atoms with Crippen LogP contribution in [-0.4, -0.2) is 21.8 Å². The minimum absolute atomic E-state index is 0.282. The Kier molecular flexibility index (Phi) is 4.37. The van der Waals surface area contributed by atoms with Gasteiger partial charge in [-0.3, -0.25) is 9.78 Å². The standard InChI is InChI=1S/C14H14FNO2S/c1-9(14(17)18)7-19-8-10-4-5-12(15)11-3-2-6-16-13(10)11/h2-6,9H,7-8H2,1H3,(H,17,18). The van der Waals surface area contributed by atoms with Crippen molar-refractivity contribution in [1.82, 2.24) is 4.98 Å². The van der Waals surface area contributed by atoms with Gasteiger partial charge in [0.25, 0.3) is 0 Å². The minimum Gasteiger partial charge on any atom is -0.481 e. The lowest BCUT2D eigenvalue weighted by molar-refractivity contribution is -0.140. The van der Waals surface area contributed by atoms with Crippen LogP contribution in [0.2, 0.25) is 0 Å². The molecule has 0 saturated carbocycles. The molecule has 0 aliphatic carbocycles. The lowest BCUT2D eigenvalue weighted by Crippen LogP contribution is -2.11. The van der Waals surface area contributed by atoms with Crippen molar-refractivity contribution in [3.05, 3.63) is 41.8 Å². The third-order valence-electron chi connectivity index (χ3n) is 2.85. The van der Waals surface area contributed by atoms with Gasteiger partial charge in [0.2, 0.25) is 0 Å². The molecule has 5 heteroatoms. The lowest BCUT2D eigenvalue weighted by atomic mass is 10.1. The summed E-state index contributed by atoms with van der Waals surface area (Å²) < 4.78 is 13.6. The molecule has 0 radical (unpaired) electrons. The second-order valence-electron chi connectivity index (χ2n) is 4.36. The molecule has 1 aromatic carbocycles. The van der Waals surface area contributed by atoms with Gasteiger partial charge >= 0.3 is 5.97 Å². The van der Waals surface area contributed by atoms with Crippen molar-refractivity contribution in [2.75, 3.05) is 5.75 Å². The van der Waals surface area contributed by atoms with Gasteiger partial charge in [-0.25, -0.2) is 4.39 Å². The summed E-state index contributed by atoms with van der Waals surface area (Å²) in [5.41, 5.74) is 1.58. The van der Waals surface area contributed by atoms with Crippen LogP contribution < -0.4 is 0 Å². The second-order valence-corrected chi connectivity index (χ2v) is 5.39. The number of hydrogen-bond acceptors (Lipinski definition) is 3. The van der Waals surface area contributed by atoms with Crippen LogP contribution in [0.1, 0.15) is 12.5 Å². The maximum atomic E-state index is 13.6. The van der Waals surface area contributed by atoms with Crippen LogP contribution in [0, 0.1) is 11.7 Å². The molecular weight excluding hydrogens is 265 g/mol. The average Bonchev–Trinajstić information content (AvgIpc) is 2.41. The Morgan fingerprint density at radius 3 is 3.00 bits per heavy atom. The van der Waals surface area contributed by atoms with Crippen molar-refractivity contribution in [2.24, 2.45) is 5.92 Å². The first-order valence-corrected chi connectivity index (χ1v) is 7.07. The second kappa shape index (κ2) is 6.02. The molecule has 0 fully saturated rings. The van der Waals surface area contributed by atoms with Crippen LogP contribution in [0.15, 0.2) is 30.5 Å². The van der Waals surface area contributed by atoms with E-state index in [2.05, 4.69) is 4.98 Å². The van der Waals surface area contributed by atoms with Crippen molar-refractivity contribution in [2.45, 2.75) is 12.7 Å². The number of pyridine rings is 1. The molecule has 1 atom stereocenters. The molecule has 1 N–H and O–H groups in total. The largest absolute Gasteiger partial charge is 0.481 e. The fourth-order valence-corrected chi connectivity index (χ4v) is 2.80. The highest BCUT2D eigenvalue weighted by Gasteiger charge is 2.12. The first-order valence-electron chi connectivity index (χ1n) is 5.92. The van der Waals surface area contributed by atoms with Gasteiger partial charge < -0.3 is 5.11 Å². The Bertz CT molecular complexity index is 603. The number of benzene rings is 1. The summed E-state index contributed by atoms with van der Waals surface area (Å²) in [5.74, 6) is -0.304. The zero-order valence-corrected chi connectivity index (χ0v) is 11.3. The first-order chi connectivity index (χ1) is 9.09. The Labute approximate surface area is 114 Å². The topological polar surface area (TPSA) is 50.2 Å². The van der Waals surface area contributed by atoms with Gasteiger partial charge in [0.1, 0.15) is 5.82 Å². The van der Waals surface area contributed by atoms with Gasteiger partial charge in [0.15, 0.2) is 0 Å². The van der Waals surface area contributed by atoms with Crippen molar-refractivity contribution in [3.8, 4) is 0 Å². The van der Waals surface area contributed by atoms with Gasteiger partial charge in [-0.2, -0.15) is 11.8 Å². The molecule has 0 aliphatic heterocycles. The third kappa shape index (κ3) is 3.23. The summed E-state index contributed by atoms with van der Waals surface area (Å²) in [7, 11) is 0. The number of rotatable bonds is 5. The molecular formula is C14H14FNO2S. The summed E-state index contributed by atoms with van der Waals surface area (Å²) in [6.45, 7) is 1.68. The predicted molar refractivity (Wildman–Crippen MR) is 74.7 cm³/mol. The zero-order valence-electron chi connectivity index (χ0n) is 10.5. The SMILES string of the molecule is CC(CSCc1ccc(F)c2cccnc12)C(=O)O. The van der Waals surface area contributed by atoms with E-state index in [1.54, 1.807) is 31.3 Å². The quantitative estimate of drug-likeness (QED) is 0.912. The van der Waals surface area contributed by atoms with E-state index in [0.717, 1.165) is 5.56 Å². The van der Waals surface area contributed by atoms with Crippen LogP contribution in [0.5, 0.6) is 0 Å². The van der Waals surface area contributed by atoms with E-state index >= 15 is 0 Å². The number of carboxylic acid groups (broad SMARTS) is 1.